The van der Waals surface area contributed by atoms with Gasteiger partial charge < -0.3 is 20.9 Å². The van der Waals surface area contributed by atoms with Crippen LogP contribution in [0.1, 0.15) is 17.2 Å². The molecule has 0 spiro atoms. The Morgan fingerprint density at radius 3 is 3.25 bits per heavy atom. The molecule has 0 aliphatic carbocycles. The Bertz CT molecular complexity index is 398. The molecule has 0 bridgehead atoms. The molecular formula is C10H17N5O. The van der Waals surface area contributed by atoms with Gasteiger partial charge in [0.05, 0.1) is 5.69 Å². The Morgan fingerprint density at radius 2 is 2.50 bits per heavy atom. The van der Waals surface area contributed by atoms with Crippen LogP contribution in [0.15, 0.2) is 0 Å². The van der Waals surface area contributed by atoms with Gasteiger partial charge in [0.1, 0.15) is 5.82 Å². The van der Waals surface area contributed by atoms with Crippen LogP contribution in [-0.4, -0.2) is 28.7 Å². The maximum Gasteiger partial charge on any atom is 0.312 e. The van der Waals surface area contributed by atoms with Crippen LogP contribution < -0.4 is 16.4 Å². The van der Waals surface area contributed by atoms with Gasteiger partial charge in [-0.2, -0.15) is 0 Å². The number of imidazole rings is 1. The zero-order chi connectivity index (χ0) is 11.5. The number of amides is 2. The first-order chi connectivity index (χ1) is 7.68. The highest BCUT2D eigenvalue weighted by atomic mass is 16.2. The molecule has 16 heavy (non-hydrogen) atoms. The molecule has 4 N–H and O–H groups in total. The molecule has 1 aromatic rings. The number of fused-ring (bicyclic) bond motifs is 1. The lowest BCUT2D eigenvalue weighted by Gasteiger charge is -2.15. The van der Waals surface area contributed by atoms with Crippen molar-refractivity contribution >= 4 is 6.03 Å². The number of hydrogen-bond acceptors (Lipinski definition) is 3. The van der Waals surface area contributed by atoms with E-state index >= 15 is 0 Å². The van der Waals surface area contributed by atoms with Gasteiger partial charge in [-0.15, -0.1) is 0 Å². The van der Waals surface area contributed by atoms with E-state index in [9.17, 15) is 4.79 Å². The van der Waals surface area contributed by atoms with Crippen LogP contribution in [0.2, 0.25) is 0 Å². The number of primary amides is 1. The van der Waals surface area contributed by atoms with Crippen molar-refractivity contribution in [3.8, 4) is 0 Å². The van der Waals surface area contributed by atoms with Crippen LogP contribution in [0.4, 0.5) is 4.79 Å². The maximum absolute atomic E-state index is 10.6. The van der Waals surface area contributed by atoms with Crippen LogP contribution in [0.25, 0.3) is 0 Å². The topological polar surface area (TPSA) is 85.0 Å². The first-order valence-corrected chi connectivity index (χ1v) is 5.47. The molecule has 1 aliphatic rings. The monoisotopic (exact) mass is 223 g/mol. The van der Waals surface area contributed by atoms with E-state index < -0.39 is 6.03 Å². The number of nitrogens with zero attached hydrogens (tertiary/aromatic N) is 2. The number of carbonyl (C=O) groups is 1. The average Bonchev–Trinajstić information content (AvgIpc) is 2.55. The highest BCUT2D eigenvalue weighted by Crippen LogP contribution is 2.15. The van der Waals surface area contributed by atoms with E-state index in [1.807, 2.05) is 6.92 Å². The minimum Gasteiger partial charge on any atom is -0.352 e. The molecule has 0 atom stereocenters. The third kappa shape index (κ3) is 2.16. The lowest BCUT2D eigenvalue weighted by Crippen LogP contribution is -2.33. The number of urea groups is 1. The quantitative estimate of drug-likeness (QED) is 0.646. The number of carbonyl (C=O) groups excluding carboxylic acids is 1. The van der Waals surface area contributed by atoms with Crippen LogP contribution in [0, 0.1) is 6.92 Å². The zero-order valence-electron chi connectivity index (χ0n) is 9.42. The first-order valence-electron chi connectivity index (χ1n) is 5.47. The fourth-order valence-corrected chi connectivity index (χ4v) is 2.09. The molecule has 0 radical (unpaired) electrons. The van der Waals surface area contributed by atoms with E-state index in [2.05, 4.69) is 20.2 Å². The summed E-state index contributed by atoms with van der Waals surface area (Å²) in [4.78, 5) is 15.1. The summed E-state index contributed by atoms with van der Waals surface area (Å²) >= 11 is 0. The standard InChI is InChI=1S/C10H17N5O/c1-7-14-8-6-12-3-2-9(8)15(7)5-4-13-10(11)16/h12H,2-6H2,1H3,(H3,11,13,16). The van der Waals surface area contributed by atoms with Crippen molar-refractivity contribution in [1.29, 1.82) is 0 Å². The average molecular weight is 223 g/mol. The number of rotatable bonds is 3. The van der Waals surface area contributed by atoms with Gasteiger partial charge in [-0.1, -0.05) is 0 Å². The lowest BCUT2D eigenvalue weighted by atomic mass is 10.2. The van der Waals surface area contributed by atoms with Crippen LogP contribution >= 0.6 is 0 Å². The van der Waals surface area contributed by atoms with Crippen LogP contribution in [-0.2, 0) is 19.5 Å². The summed E-state index contributed by atoms with van der Waals surface area (Å²) in [5, 5.41) is 5.88. The van der Waals surface area contributed by atoms with Crippen molar-refractivity contribution in [2.45, 2.75) is 26.4 Å². The Morgan fingerprint density at radius 1 is 1.69 bits per heavy atom. The van der Waals surface area contributed by atoms with E-state index in [1.54, 1.807) is 0 Å². The molecule has 0 saturated carbocycles. The SMILES string of the molecule is Cc1nc2c(n1CCNC(N)=O)CCNC2. The molecule has 6 nitrogen and oxygen atoms in total. The second-order valence-electron chi connectivity index (χ2n) is 3.92. The summed E-state index contributed by atoms with van der Waals surface area (Å²) in [5.41, 5.74) is 7.43. The summed E-state index contributed by atoms with van der Waals surface area (Å²) in [7, 11) is 0. The lowest BCUT2D eigenvalue weighted by molar-refractivity contribution is 0.248. The van der Waals surface area contributed by atoms with Gasteiger partial charge in [0, 0.05) is 38.3 Å². The van der Waals surface area contributed by atoms with Crippen molar-refractivity contribution in [3.05, 3.63) is 17.2 Å². The maximum atomic E-state index is 10.6. The van der Waals surface area contributed by atoms with E-state index in [0.29, 0.717) is 6.54 Å². The zero-order valence-corrected chi connectivity index (χ0v) is 9.42. The highest BCUT2D eigenvalue weighted by molar-refractivity contribution is 5.71. The van der Waals surface area contributed by atoms with Crippen molar-refractivity contribution < 1.29 is 4.79 Å². The molecule has 1 aliphatic heterocycles. The van der Waals surface area contributed by atoms with Crippen molar-refractivity contribution in [2.75, 3.05) is 13.1 Å². The number of hydrogen-bond donors (Lipinski definition) is 3. The molecular weight excluding hydrogens is 206 g/mol. The highest BCUT2D eigenvalue weighted by Gasteiger charge is 2.17. The number of nitrogens with two attached hydrogens (primary N) is 1. The third-order valence-electron chi connectivity index (χ3n) is 2.81. The van der Waals surface area contributed by atoms with Gasteiger partial charge in [0.25, 0.3) is 0 Å². The van der Waals surface area contributed by atoms with E-state index in [0.717, 1.165) is 37.6 Å². The second kappa shape index (κ2) is 4.52. The van der Waals surface area contributed by atoms with E-state index in [-0.39, 0.29) is 0 Å². The first kappa shape index (κ1) is 10.9. The van der Waals surface area contributed by atoms with E-state index in [1.165, 1.54) is 5.69 Å². The summed E-state index contributed by atoms with van der Waals surface area (Å²) in [6, 6.07) is -0.478. The fraction of sp³-hybridized carbons (Fsp3) is 0.600. The van der Waals surface area contributed by atoms with Gasteiger partial charge >= 0.3 is 6.03 Å². The Balaban J connectivity index is 2.07. The molecule has 2 heterocycles. The van der Waals surface area contributed by atoms with Gasteiger partial charge in [-0.25, -0.2) is 9.78 Å². The smallest absolute Gasteiger partial charge is 0.312 e. The summed E-state index contributed by atoms with van der Waals surface area (Å²) in [6.45, 7) is 5.10. The summed E-state index contributed by atoms with van der Waals surface area (Å²) in [6.07, 6.45) is 0.993. The molecule has 0 unspecified atom stereocenters. The van der Waals surface area contributed by atoms with Crippen LogP contribution in [0.3, 0.4) is 0 Å². The van der Waals surface area contributed by atoms with Crippen LogP contribution in [0.5, 0.6) is 0 Å². The van der Waals surface area contributed by atoms with Crippen molar-refractivity contribution in [1.82, 2.24) is 20.2 Å². The second-order valence-corrected chi connectivity index (χ2v) is 3.92. The molecule has 0 fully saturated rings. The summed E-state index contributed by atoms with van der Waals surface area (Å²) in [5.74, 6) is 1.000. The summed E-state index contributed by atoms with van der Waals surface area (Å²) < 4.78 is 2.16. The molecule has 2 rings (SSSR count). The minimum absolute atomic E-state index is 0.478. The van der Waals surface area contributed by atoms with Gasteiger partial charge in [-0.05, 0) is 6.92 Å². The normalized spacial score (nSPS) is 14.6. The molecule has 0 saturated heterocycles. The van der Waals surface area contributed by atoms with Gasteiger partial charge in [0.2, 0.25) is 0 Å². The molecule has 6 heteroatoms. The largest absolute Gasteiger partial charge is 0.352 e. The van der Waals surface area contributed by atoms with E-state index in [4.69, 9.17) is 5.73 Å². The molecule has 1 aromatic heterocycles. The number of nitrogens with one attached hydrogen (secondary N) is 2. The molecule has 88 valence electrons. The number of aromatic nitrogens is 2. The van der Waals surface area contributed by atoms with Gasteiger partial charge in [0.15, 0.2) is 0 Å². The predicted octanol–water partition coefficient (Wildman–Crippen LogP) is -0.494. The Labute approximate surface area is 94.2 Å². The van der Waals surface area contributed by atoms with Gasteiger partial charge in [-0.3, -0.25) is 0 Å². The predicted molar refractivity (Wildman–Crippen MR) is 60.0 cm³/mol. The van der Waals surface area contributed by atoms with Crippen molar-refractivity contribution in [3.63, 3.8) is 0 Å². The molecule has 0 aromatic carbocycles. The fourth-order valence-electron chi connectivity index (χ4n) is 2.09. The minimum atomic E-state index is -0.478. The number of aryl methyl sites for hydroxylation is 1. The Kier molecular flexibility index (Phi) is 3.09. The third-order valence-corrected chi connectivity index (χ3v) is 2.81. The van der Waals surface area contributed by atoms with Crippen molar-refractivity contribution in [2.24, 2.45) is 5.73 Å². The Hall–Kier alpha value is -1.56. The molecule has 2 amide bonds.